The van der Waals surface area contributed by atoms with E-state index in [0.29, 0.717) is 0 Å². The van der Waals surface area contributed by atoms with Crippen LogP contribution < -0.4 is 9.64 Å². The molecule has 1 aliphatic heterocycles. The number of benzene rings is 7. The Morgan fingerprint density at radius 1 is 0.400 bits per heavy atom. The van der Waals surface area contributed by atoms with Crippen LogP contribution in [0.3, 0.4) is 0 Å². The van der Waals surface area contributed by atoms with E-state index in [4.69, 9.17) is 4.74 Å². The Morgan fingerprint density at radius 2 is 0.850 bits per heavy atom. The van der Waals surface area contributed by atoms with Crippen LogP contribution in [0.1, 0.15) is 0 Å². The van der Waals surface area contributed by atoms with Crippen molar-refractivity contribution in [3.63, 3.8) is 0 Å². The summed E-state index contributed by atoms with van der Waals surface area (Å²) in [6.07, 6.45) is 0. The topological polar surface area (TPSA) is 12.5 Å². The number of fused-ring (bicyclic) bond motifs is 4. The standard InChI is InChI=1S/C38H25NO/c1-3-15-31-26(11-1)13-9-17-33(31)28-23-29(34-18-10-14-27-12-2-4-16-32(27)34)25-30(24-28)39-35-19-5-7-21-37(35)40-38-22-8-6-20-36(38)39/h1-25H. The molecule has 0 bridgehead atoms. The molecule has 0 radical (unpaired) electrons. The van der Waals surface area contributed by atoms with Crippen LogP contribution in [0.5, 0.6) is 11.5 Å². The van der Waals surface area contributed by atoms with Gasteiger partial charge in [-0.1, -0.05) is 109 Å². The van der Waals surface area contributed by atoms with Gasteiger partial charge in [0, 0.05) is 5.69 Å². The average molecular weight is 512 g/mol. The summed E-state index contributed by atoms with van der Waals surface area (Å²) in [6, 6.07) is 53.9. The molecule has 0 aliphatic carbocycles. The second-order valence-corrected chi connectivity index (χ2v) is 10.2. The van der Waals surface area contributed by atoms with Gasteiger partial charge in [-0.3, -0.25) is 0 Å². The summed E-state index contributed by atoms with van der Waals surface area (Å²) in [7, 11) is 0. The monoisotopic (exact) mass is 511 g/mol. The van der Waals surface area contributed by atoms with E-state index in [1.54, 1.807) is 0 Å². The van der Waals surface area contributed by atoms with E-state index in [0.717, 1.165) is 28.6 Å². The minimum Gasteiger partial charge on any atom is -0.453 e. The molecule has 2 heteroatoms. The van der Waals surface area contributed by atoms with Gasteiger partial charge in [-0.05, 0) is 86.3 Å². The minimum absolute atomic E-state index is 0.850. The van der Waals surface area contributed by atoms with E-state index in [2.05, 4.69) is 132 Å². The fraction of sp³-hybridized carbons (Fsp3) is 0. The Labute approximate surface area is 233 Å². The molecule has 2 nitrogen and oxygen atoms in total. The number of anilines is 3. The maximum Gasteiger partial charge on any atom is 0.151 e. The van der Waals surface area contributed by atoms with Crippen molar-refractivity contribution in [3.8, 4) is 33.8 Å². The smallest absolute Gasteiger partial charge is 0.151 e. The largest absolute Gasteiger partial charge is 0.453 e. The summed E-state index contributed by atoms with van der Waals surface area (Å²) >= 11 is 0. The third-order valence-electron chi connectivity index (χ3n) is 7.81. The quantitative estimate of drug-likeness (QED) is 0.234. The predicted octanol–water partition coefficient (Wildman–Crippen LogP) is 10.9. The van der Waals surface area contributed by atoms with Crippen LogP contribution in [-0.4, -0.2) is 0 Å². The summed E-state index contributed by atoms with van der Waals surface area (Å²) in [4.78, 5) is 2.33. The Bertz CT molecular complexity index is 1900. The molecule has 0 saturated carbocycles. The lowest BCUT2D eigenvalue weighted by atomic mass is 9.92. The molecule has 0 fully saturated rings. The fourth-order valence-electron chi connectivity index (χ4n) is 5.99. The minimum atomic E-state index is 0.850. The van der Waals surface area contributed by atoms with Crippen molar-refractivity contribution in [1.29, 1.82) is 0 Å². The summed E-state index contributed by atoms with van der Waals surface area (Å²) in [5.41, 5.74) is 7.95. The Hall–Kier alpha value is -5.34. The van der Waals surface area contributed by atoms with Crippen molar-refractivity contribution in [2.45, 2.75) is 0 Å². The van der Waals surface area contributed by atoms with E-state index < -0.39 is 0 Å². The average Bonchev–Trinajstić information content (AvgIpc) is 3.02. The van der Waals surface area contributed by atoms with Gasteiger partial charge in [0.05, 0.1) is 11.4 Å². The van der Waals surface area contributed by atoms with Crippen molar-refractivity contribution < 1.29 is 4.74 Å². The molecule has 188 valence electrons. The molecule has 40 heavy (non-hydrogen) atoms. The van der Waals surface area contributed by atoms with E-state index >= 15 is 0 Å². The molecule has 0 atom stereocenters. The Morgan fingerprint density at radius 3 is 1.40 bits per heavy atom. The number of nitrogens with zero attached hydrogens (tertiary/aromatic N) is 1. The van der Waals surface area contributed by atoms with Crippen molar-refractivity contribution in [1.82, 2.24) is 0 Å². The van der Waals surface area contributed by atoms with Crippen LogP contribution in [0.15, 0.2) is 152 Å². The maximum atomic E-state index is 6.33. The van der Waals surface area contributed by atoms with Gasteiger partial charge in [0.15, 0.2) is 11.5 Å². The molecule has 7 aromatic carbocycles. The molecule has 0 aromatic heterocycles. The Balaban J connectivity index is 1.44. The molecule has 0 spiro atoms. The number of hydrogen-bond acceptors (Lipinski definition) is 2. The van der Waals surface area contributed by atoms with E-state index in [9.17, 15) is 0 Å². The summed E-state index contributed by atoms with van der Waals surface area (Å²) in [6.45, 7) is 0. The second kappa shape index (κ2) is 9.14. The SMILES string of the molecule is c1ccc2c(c1)Oc1ccccc1N2c1cc(-c2cccc3ccccc23)cc(-c2cccc3ccccc23)c1. The maximum absolute atomic E-state index is 6.33. The lowest BCUT2D eigenvalue weighted by Gasteiger charge is -2.33. The number of hydrogen-bond donors (Lipinski definition) is 0. The van der Waals surface area contributed by atoms with Crippen LogP contribution in [0, 0.1) is 0 Å². The van der Waals surface area contributed by atoms with Crippen LogP contribution in [-0.2, 0) is 0 Å². The van der Waals surface area contributed by atoms with Gasteiger partial charge >= 0.3 is 0 Å². The van der Waals surface area contributed by atoms with Gasteiger partial charge in [-0.2, -0.15) is 0 Å². The molecule has 7 aromatic rings. The van der Waals surface area contributed by atoms with E-state index in [1.807, 2.05) is 24.3 Å². The Kier molecular flexibility index (Phi) is 5.17. The van der Waals surface area contributed by atoms with Crippen LogP contribution in [0.4, 0.5) is 17.1 Å². The predicted molar refractivity (Wildman–Crippen MR) is 167 cm³/mol. The fourth-order valence-corrected chi connectivity index (χ4v) is 5.99. The molecule has 0 unspecified atom stereocenters. The van der Waals surface area contributed by atoms with Gasteiger partial charge in [-0.25, -0.2) is 0 Å². The summed E-state index contributed by atoms with van der Waals surface area (Å²) < 4.78 is 6.33. The molecule has 0 saturated heterocycles. The van der Waals surface area contributed by atoms with Gasteiger partial charge in [0.25, 0.3) is 0 Å². The van der Waals surface area contributed by atoms with E-state index in [-0.39, 0.29) is 0 Å². The highest BCUT2D eigenvalue weighted by atomic mass is 16.5. The van der Waals surface area contributed by atoms with Crippen molar-refractivity contribution in [2.24, 2.45) is 0 Å². The van der Waals surface area contributed by atoms with Crippen LogP contribution >= 0.6 is 0 Å². The molecule has 1 aliphatic rings. The molecule has 1 heterocycles. The van der Waals surface area contributed by atoms with Crippen molar-refractivity contribution in [2.75, 3.05) is 4.90 Å². The first-order chi connectivity index (χ1) is 19.8. The highest BCUT2D eigenvalue weighted by Gasteiger charge is 2.26. The summed E-state index contributed by atoms with van der Waals surface area (Å²) in [5.74, 6) is 1.70. The second-order valence-electron chi connectivity index (χ2n) is 10.2. The molecule has 0 N–H and O–H groups in total. The molecular formula is C38H25NO. The van der Waals surface area contributed by atoms with Gasteiger partial charge in [0.1, 0.15) is 0 Å². The highest BCUT2D eigenvalue weighted by molar-refractivity contribution is 6.02. The number of ether oxygens (including phenoxy) is 1. The number of para-hydroxylation sites is 4. The third-order valence-corrected chi connectivity index (χ3v) is 7.81. The summed E-state index contributed by atoms with van der Waals surface area (Å²) in [5, 5.41) is 4.96. The zero-order chi connectivity index (χ0) is 26.5. The third kappa shape index (κ3) is 3.65. The van der Waals surface area contributed by atoms with Crippen molar-refractivity contribution >= 4 is 38.6 Å². The highest BCUT2D eigenvalue weighted by Crippen LogP contribution is 2.51. The first-order valence-electron chi connectivity index (χ1n) is 13.6. The van der Waals surface area contributed by atoms with E-state index in [1.165, 1.54) is 43.8 Å². The van der Waals surface area contributed by atoms with Crippen LogP contribution in [0.2, 0.25) is 0 Å². The first kappa shape index (κ1) is 22.6. The molecule has 0 amide bonds. The van der Waals surface area contributed by atoms with Gasteiger partial charge < -0.3 is 9.64 Å². The zero-order valence-corrected chi connectivity index (χ0v) is 21.8. The zero-order valence-electron chi connectivity index (χ0n) is 21.8. The van der Waals surface area contributed by atoms with Crippen molar-refractivity contribution in [3.05, 3.63) is 152 Å². The molecular weight excluding hydrogens is 486 g/mol. The lowest BCUT2D eigenvalue weighted by molar-refractivity contribution is 0.477. The molecule has 8 rings (SSSR count). The van der Waals surface area contributed by atoms with Crippen LogP contribution in [0.25, 0.3) is 43.8 Å². The lowest BCUT2D eigenvalue weighted by Crippen LogP contribution is -2.15. The normalized spacial score (nSPS) is 12.2. The van der Waals surface area contributed by atoms with Gasteiger partial charge in [0.2, 0.25) is 0 Å². The number of rotatable bonds is 3. The first-order valence-corrected chi connectivity index (χ1v) is 13.6. The van der Waals surface area contributed by atoms with Gasteiger partial charge in [-0.15, -0.1) is 0 Å².